The van der Waals surface area contributed by atoms with Crippen LogP contribution in [0.1, 0.15) is 74.9 Å². The van der Waals surface area contributed by atoms with E-state index in [-0.39, 0.29) is 44.3 Å². The quantitative estimate of drug-likeness (QED) is 0.0228. The number of hydrogen-bond donors (Lipinski definition) is 9. The number of anilines is 1. The van der Waals surface area contributed by atoms with Gasteiger partial charge in [-0.25, -0.2) is 31.5 Å². The first kappa shape index (κ1) is 65.7. The maximum Gasteiger partial charge on any atom is 0.490 e. The van der Waals surface area contributed by atoms with Gasteiger partial charge in [0.2, 0.25) is 11.3 Å². The normalized spacial score (nSPS) is 21.3. The zero-order valence-corrected chi connectivity index (χ0v) is 49.7. The lowest BCUT2D eigenvalue weighted by atomic mass is 9.77. The number of ether oxygens (including phenoxy) is 1. The summed E-state index contributed by atoms with van der Waals surface area (Å²) in [6, 6.07) is 19.6. The number of aliphatic hydroxyl groups excluding tert-OH is 2. The number of carbonyl (C=O) groups excluding carboxylic acids is 1. The summed E-state index contributed by atoms with van der Waals surface area (Å²) in [5.74, 6) is 0.0705. The van der Waals surface area contributed by atoms with Crippen LogP contribution in [0.25, 0.3) is 34.8 Å². The fraction of sp³-hybridized carbons (Fsp3) is 0.373. The number of phosphoric acid groups is 3. The van der Waals surface area contributed by atoms with Crippen molar-refractivity contribution in [3.63, 3.8) is 0 Å². The van der Waals surface area contributed by atoms with E-state index >= 15 is 0 Å². The number of amides is 1. The lowest BCUT2D eigenvalue weighted by Gasteiger charge is -2.30. The van der Waals surface area contributed by atoms with E-state index in [0.717, 1.165) is 46.9 Å². The van der Waals surface area contributed by atoms with Crippen molar-refractivity contribution >= 4 is 67.5 Å². The number of carbonyl (C=O) groups is 1. The Kier molecular flexibility index (Phi) is 20.7. The largest absolute Gasteiger partial charge is 0.748 e. The summed E-state index contributed by atoms with van der Waals surface area (Å²) in [6.07, 6.45) is 1.55. The molecule has 2 aromatic carbocycles. The van der Waals surface area contributed by atoms with Gasteiger partial charge in [0, 0.05) is 71.0 Å². The number of phosphoric ester groups is 1. The molecule has 1 amide bonds. The molecule has 9 N–H and O–H groups in total. The number of aromatic nitrogens is 2. The number of benzene rings is 3. The zero-order chi connectivity index (χ0) is 61.7. The van der Waals surface area contributed by atoms with Crippen molar-refractivity contribution < 1.29 is 96.5 Å². The van der Waals surface area contributed by atoms with Gasteiger partial charge in [-0.3, -0.25) is 28.2 Å². The monoisotopic (exact) mass is 1270 g/mol. The highest BCUT2D eigenvalue weighted by atomic mass is 32.2. The molecule has 1 fully saturated rings. The third kappa shape index (κ3) is 16.2. The molecule has 7 rings (SSSR count). The molecule has 28 nitrogen and oxygen atoms in total. The molecular weight excluding hydrogens is 1210 g/mol. The molecule has 1 aromatic heterocycles. The van der Waals surface area contributed by atoms with Gasteiger partial charge >= 0.3 is 29.2 Å². The summed E-state index contributed by atoms with van der Waals surface area (Å²) in [5, 5.41) is 25.0. The Hall–Kier alpha value is -5.85. The second-order valence-electron chi connectivity index (χ2n) is 19.6. The number of allylic oxidation sites excluding steroid dienone is 3. The van der Waals surface area contributed by atoms with Gasteiger partial charge in [0.1, 0.15) is 42.9 Å². The Balaban J connectivity index is 1.11. The van der Waals surface area contributed by atoms with Gasteiger partial charge in [0.15, 0.2) is 6.23 Å². The lowest BCUT2D eigenvalue weighted by molar-refractivity contribution is -0.121. The molecule has 0 spiro atoms. The second-order valence-corrected chi connectivity index (χ2v) is 27.0. The minimum atomic E-state index is -5.90. The van der Waals surface area contributed by atoms with Gasteiger partial charge in [-0.15, -0.1) is 0 Å². The third-order valence-electron chi connectivity index (χ3n) is 13.9. The second kappa shape index (κ2) is 26.4. The van der Waals surface area contributed by atoms with Crippen LogP contribution in [0.2, 0.25) is 0 Å². The van der Waals surface area contributed by atoms with Gasteiger partial charge in [-0.05, 0) is 88.4 Å². The van der Waals surface area contributed by atoms with Crippen molar-refractivity contribution in [1.82, 2.24) is 19.4 Å². The fourth-order valence-corrected chi connectivity index (χ4v) is 14.0. The van der Waals surface area contributed by atoms with Crippen LogP contribution in [0.3, 0.4) is 0 Å². The summed E-state index contributed by atoms with van der Waals surface area (Å²) in [5.41, 5.74) is 1.27. The van der Waals surface area contributed by atoms with Gasteiger partial charge in [-0.1, -0.05) is 54.6 Å². The van der Waals surface area contributed by atoms with Gasteiger partial charge < -0.3 is 53.7 Å². The summed E-state index contributed by atoms with van der Waals surface area (Å²) in [4.78, 5) is 79.2. The third-order valence-corrected chi connectivity index (χ3v) is 19.3. The van der Waals surface area contributed by atoms with Crippen molar-refractivity contribution in [2.24, 2.45) is 0 Å². The Morgan fingerprint density at radius 2 is 1.63 bits per heavy atom. The minimum absolute atomic E-state index is 0.00126. The molecule has 0 saturated carbocycles. The Labute approximate surface area is 481 Å². The van der Waals surface area contributed by atoms with E-state index in [2.05, 4.69) is 36.9 Å². The van der Waals surface area contributed by atoms with Crippen molar-refractivity contribution in [2.75, 3.05) is 43.4 Å². The summed E-state index contributed by atoms with van der Waals surface area (Å²) in [7, 11) is -26.7. The van der Waals surface area contributed by atoms with E-state index in [0.29, 0.717) is 33.0 Å². The summed E-state index contributed by atoms with van der Waals surface area (Å²) in [6.45, 7) is 8.01. The van der Waals surface area contributed by atoms with Gasteiger partial charge in [0.05, 0.1) is 33.3 Å². The maximum atomic E-state index is 13.4. The van der Waals surface area contributed by atoms with Crippen LogP contribution in [0.5, 0.6) is 0 Å². The average molecular weight is 1270 g/mol. The highest BCUT2D eigenvalue weighted by Gasteiger charge is 2.47. The number of H-pyrrole nitrogens is 1. The van der Waals surface area contributed by atoms with Crippen LogP contribution >= 0.6 is 23.5 Å². The van der Waals surface area contributed by atoms with E-state index in [4.69, 9.17) is 18.9 Å². The van der Waals surface area contributed by atoms with Crippen LogP contribution in [-0.4, -0.2) is 128 Å². The molecule has 456 valence electrons. The van der Waals surface area contributed by atoms with Gasteiger partial charge in [-0.2, -0.15) is 17.0 Å². The number of rotatable bonds is 25. The predicted molar refractivity (Wildman–Crippen MR) is 302 cm³/mol. The molecule has 33 heteroatoms. The Morgan fingerprint density at radius 1 is 0.929 bits per heavy atom. The van der Waals surface area contributed by atoms with Crippen molar-refractivity contribution in [1.29, 1.82) is 0 Å². The molecule has 3 aliphatic heterocycles. The first-order chi connectivity index (χ1) is 39.2. The van der Waals surface area contributed by atoms with Crippen LogP contribution in [0.4, 0.5) is 5.69 Å². The summed E-state index contributed by atoms with van der Waals surface area (Å²) < 4.78 is 132. The highest BCUT2D eigenvalue weighted by molar-refractivity contribution is 7.86. The molecule has 0 radical (unpaired) electrons. The lowest BCUT2D eigenvalue weighted by Crippen LogP contribution is -2.38. The Morgan fingerprint density at radius 3 is 2.29 bits per heavy atom. The zero-order valence-electron chi connectivity index (χ0n) is 45.4. The number of aromatic amines is 1. The number of nitrogens with zero attached hydrogens (tertiary/aromatic N) is 3. The predicted octanol–water partition coefficient (Wildman–Crippen LogP) is 3.84. The van der Waals surface area contributed by atoms with Crippen molar-refractivity contribution in [3.05, 3.63) is 145 Å². The van der Waals surface area contributed by atoms with E-state index < -0.39 is 108 Å². The minimum Gasteiger partial charge on any atom is -0.748 e. The standard InChI is InChI=1S/C51H62N5O23P3S2/c1-5-54(6-2)35-20-22-38-37(32(3)47(76-41(38)28-35)33-14-8-7-9-15-33)17-10-18-43-51(4,39-29-36(84(72,73)74)21-23-40(39)55(43)26-13-27-83(69,70)71)24-11-19-44(57)52-25-12-16-34-30-56(50(61)53-48(34)60)49-46(59)45(58)42(77-49)31-75-81(65,66)79-82(67,68)78-80(62,63)64/h7-10,12,14-18,20-23,28-30,42,45-46,49,58-59H,5-6,11,13,19,24-27,31H2,1-4H3,(H7-,52,53,57,60,61,62,63,64,65,66,67,68,69,70,71,72,73,74)/b16-12+/t42-,45-,46-,49-,51?/m1/s1. The fourth-order valence-electron chi connectivity index (χ4n) is 9.95. The number of aliphatic hydroxyl groups is 2. The highest BCUT2D eigenvalue weighted by Crippen LogP contribution is 2.66. The molecule has 7 atom stereocenters. The molecule has 1 saturated heterocycles. The van der Waals surface area contributed by atoms with Crippen LogP contribution < -0.4 is 31.4 Å². The molecule has 0 bridgehead atoms. The van der Waals surface area contributed by atoms with Crippen LogP contribution in [-0.2, 0) is 62.0 Å². The molecule has 1 aliphatic carbocycles. The number of nitrogens with one attached hydrogen (secondary N) is 2. The molecule has 4 heterocycles. The molecule has 4 aliphatic rings. The van der Waals surface area contributed by atoms with Crippen molar-refractivity contribution in [2.45, 2.75) is 88.2 Å². The van der Waals surface area contributed by atoms with E-state index in [1.54, 1.807) is 17.1 Å². The summed E-state index contributed by atoms with van der Waals surface area (Å²) >= 11 is 0. The molecule has 84 heavy (non-hydrogen) atoms. The van der Waals surface area contributed by atoms with Crippen molar-refractivity contribution in [3.8, 4) is 22.6 Å². The number of hydrogen-bond acceptors (Lipinski definition) is 19. The van der Waals surface area contributed by atoms with Crippen LogP contribution in [0, 0.1) is 6.92 Å². The topological polar surface area (TPSA) is 424 Å². The molecule has 3 aromatic rings. The van der Waals surface area contributed by atoms with E-state index in [1.807, 2.05) is 73.4 Å². The van der Waals surface area contributed by atoms with Gasteiger partial charge in [0.25, 0.3) is 15.7 Å². The first-order valence-corrected chi connectivity index (χ1v) is 33.3. The first-order valence-electron chi connectivity index (χ1n) is 25.8. The maximum absolute atomic E-state index is 13.4. The number of fused-ring (bicyclic) bond motifs is 2. The average Bonchev–Trinajstić information content (AvgIpc) is 1.67. The van der Waals surface area contributed by atoms with E-state index in [9.17, 15) is 74.0 Å². The smallest absolute Gasteiger partial charge is 0.490 e. The van der Waals surface area contributed by atoms with Crippen LogP contribution in [0.15, 0.2) is 116 Å². The SMILES string of the molecule is CC[N+](CC)=c1ccc2c(/C=C/C=C3\N(CCCS(=O)(=O)[O-])c4ccc(S(=O)(=O)O)cc4C3(C)CCCC(=O)NC/C=C/c3cn([C@@H]4O[C@H](COP(=O)(O)OP(=O)(O)OP(=O)(O)O)[C@@H](O)[C@H]4O)c(=O)[nH]c3=O)c(C)c(-c3ccccc3)oc-2c1. The molecular formula is C51H62N5O23P3S2. The van der Waals surface area contributed by atoms with E-state index in [1.165, 1.54) is 30.4 Å². The molecule has 3 unspecified atom stereocenters. The Bertz CT molecular complexity index is 3930.